The molecule has 7 heavy (non-hydrogen) atoms. The van der Waals surface area contributed by atoms with Crippen molar-refractivity contribution in [2.24, 2.45) is 5.92 Å². The molecule has 0 amide bonds. The van der Waals surface area contributed by atoms with E-state index in [2.05, 4.69) is 20.8 Å². The van der Waals surface area contributed by atoms with Crippen LogP contribution in [0.1, 0.15) is 20.8 Å². The fraction of sp³-hybridized carbons (Fsp3) is 1.00. The third kappa shape index (κ3) is 101. The predicted octanol–water partition coefficient (Wildman–Crippen LogP) is 1.63. The quantitative estimate of drug-likeness (QED) is 0.573. The average molecular weight is 250 g/mol. The summed E-state index contributed by atoms with van der Waals surface area (Å²) in [5.41, 5.74) is 0. The Kier molecular flexibility index (Phi) is 52.8. The predicted molar refractivity (Wildman–Crippen MR) is 51.1 cm³/mol. The van der Waals surface area contributed by atoms with Crippen molar-refractivity contribution in [2.75, 3.05) is 0 Å². The molecule has 48 valence electrons. The van der Waals surface area contributed by atoms with E-state index in [9.17, 15) is 0 Å². The molecule has 0 nitrogen and oxygen atoms in total. The fourth-order valence-electron chi connectivity index (χ4n) is 0. The van der Waals surface area contributed by atoms with Gasteiger partial charge >= 0.3 is 0 Å². The summed E-state index contributed by atoms with van der Waals surface area (Å²) in [5, 5.41) is 0. The van der Waals surface area contributed by atoms with Crippen molar-refractivity contribution < 1.29 is 0 Å². The van der Waals surface area contributed by atoms with Crippen LogP contribution in [-0.4, -0.2) is 17.4 Å². The van der Waals surface area contributed by atoms with Gasteiger partial charge in [-0.05, 0) is 5.92 Å². The third-order valence-corrected chi connectivity index (χ3v) is 0. The summed E-state index contributed by atoms with van der Waals surface area (Å²) in [7, 11) is 0. The summed E-state index contributed by atoms with van der Waals surface area (Å²) >= 11 is 0. The molecule has 0 aromatic carbocycles. The van der Waals surface area contributed by atoms with Gasteiger partial charge < -0.3 is 0 Å². The Morgan fingerprint density at radius 1 is 0.857 bits per heavy atom. The van der Waals surface area contributed by atoms with Crippen LogP contribution in [0.4, 0.5) is 0 Å². The highest BCUT2D eigenvalue weighted by atomic mass is 79.9. The van der Waals surface area contributed by atoms with E-state index in [0.717, 1.165) is 5.92 Å². The molecular weight excluding hydrogens is 235 g/mol. The first-order valence-electron chi connectivity index (χ1n) is 1.73. The minimum Gasteiger partial charge on any atom is -0.114 e. The molecule has 0 aromatic rings. The van der Waals surface area contributed by atoms with Crippen LogP contribution in [0.3, 0.4) is 0 Å². The Bertz CT molecular complexity index is 14.4. The molecule has 0 bridgehead atoms. The summed E-state index contributed by atoms with van der Waals surface area (Å²) in [6.45, 7) is 6.50. The molecule has 0 N–H and O–H groups in total. The van der Waals surface area contributed by atoms with Crippen molar-refractivity contribution in [1.82, 2.24) is 0 Å². The molecule has 0 aliphatic rings. The lowest BCUT2D eigenvalue weighted by Gasteiger charge is -1.79. The Morgan fingerprint density at radius 2 is 0.857 bits per heavy atom. The highest BCUT2D eigenvalue weighted by molar-refractivity contribution is 8.93. The molecule has 0 fully saturated rings. The van der Waals surface area contributed by atoms with Crippen LogP contribution in [0, 0.1) is 5.92 Å². The van der Waals surface area contributed by atoms with Gasteiger partial charge in [0.25, 0.3) is 0 Å². The van der Waals surface area contributed by atoms with Crippen LogP contribution in [-0.2, 0) is 0 Å². The molecule has 0 heterocycles. The highest BCUT2D eigenvalue weighted by Crippen LogP contribution is 1.81. The maximum atomic E-state index is 2.17. The van der Waals surface area contributed by atoms with Gasteiger partial charge in [0.1, 0.15) is 0 Å². The van der Waals surface area contributed by atoms with E-state index in [0.29, 0.717) is 0 Å². The fourth-order valence-corrected chi connectivity index (χ4v) is 0. The molecule has 3 heteroatoms. The second kappa shape index (κ2) is 15.6. The van der Waals surface area contributed by atoms with Crippen LogP contribution >= 0.6 is 34.0 Å². The Hall–Kier alpha value is 1.49. The molecule has 0 aromatic heterocycles. The van der Waals surface area contributed by atoms with E-state index in [1.807, 2.05) is 0 Å². The lowest BCUT2D eigenvalue weighted by Crippen LogP contribution is -1.66. The first-order chi connectivity index (χ1) is 1.73. The Balaban J connectivity index is -0.0000000150. The molecule has 0 aliphatic carbocycles. The normalized spacial score (nSPS) is 5.14. The largest absolute Gasteiger partial charge is 0.187 e. The van der Waals surface area contributed by atoms with Crippen molar-refractivity contribution in [3.05, 3.63) is 0 Å². The lowest BCUT2D eigenvalue weighted by molar-refractivity contribution is 0.737. The van der Waals surface area contributed by atoms with Crippen molar-refractivity contribution in [1.29, 1.82) is 0 Å². The van der Waals surface area contributed by atoms with E-state index < -0.39 is 0 Å². The topological polar surface area (TPSA) is 0 Å². The first-order valence-corrected chi connectivity index (χ1v) is 1.73. The van der Waals surface area contributed by atoms with Crippen molar-refractivity contribution in [3.8, 4) is 0 Å². The number of rotatable bonds is 0. The van der Waals surface area contributed by atoms with Gasteiger partial charge in [0, 0.05) is 0 Å². The summed E-state index contributed by atoms with van der Waals surface area (Å²) in [6, 6.07) is 0. The minimum absolute atomic E-state index is 0. The van der Waals surface area contributed by atoms with Gasteiger partial charge in [-0.15, -0.1) is 34.0 Å². The van der Waals surface area contributed by atoms with Crippen LogP contribution in [0.15, 0.2) is 0 Å². The van der Waals surface area contributed by atoms with E-state index in [-0.39, 0.29) is 51.3 Å². The standard InChI is InChI=1S/C4H10.Al.2BrH.3H/c1-4(2)3;;;;;;/h4H,1-3H3;;2*1H;;;. The van der Waals surface area contributed by atoms with Crippen LogP contribution in [0.2, 0.25) is 0 Å². The number of hydrogen-bond acceptors (Lipinski definition) is 0. The Morgan fingerprint density at radius 3 is 0.857 bits per heavy atom. The number of halogens is 2. The van der Waals surface area contributed by atoms with Gasteiger partial charge in [-0.1, -0.05) is 20.8 Å². The second-order valence-electron chi connectivity index (χ2n) is 1.73. The van der Waals surface area contributed by atoms with E-state index in [1.165, 1.54) is 0 Å². The minimum atomic E-state index is 0. The van der Waals surface area contributed by atoms with Crippen LogP contribution in [0.5, 0.6) is 0 Å². The highest BCUT2D eigenvalue weighted by Gasteiger charge is 1.68. The summed E-state index contributed by atoms with van der Waals surface area (Å²) in [6.07, 6.45) is 0. The van der Waals surface area contributed by atoms with Crippen molar-refractivity contribution >= 4 is 51.3 Å². The zero-order chi connectivity index (χ0) is 3.58. The van der Waals surface area contributed by atoms with Gasteiger partial charge in [0.05, 0.1) is 0 Å². The van der Waals surface area contributed by atoms with Gasteiger partial charge in [0.2, 0.25) is 0 Å². The zero-order valence-corrected chi connectivity index (χ0v) is 7.82. The summed E-state index contributed by atoms with van der Waals surface area (Å²) in [5.74, 6) is 0.833. The van der Waals surface area contributed by atoms with Gasteiger partial charge in [-0.25, -0.2) is 0 Å². The second-order valence-corrected chi connectivity index (χ2v) is 1.73. The number of hydrogen-bond donors (Lipinski definition) is 0. The van der Waals surface area contributed by atoms with Crippen molar-refractivity contribution in [2.45, 2.75) is 20.8 Å². The molecule has 0 atom stereocenters. The maximum absolute atomic E-state index is 2.17. The zero-order valence-electron chi connectivity index (χ0n) is 4.39. The van der Waals surface area contributed by atoms with Gasteiger partial charge in [-0.3, -0.25) is 0 Å². The molecular formula is C4H15AlBr2. The van der Waals surface area contributed by atoms with E-state index in [4.69, 9.17) is 0 Å². The Labute approximate surface area is 77.7 Å². The van der Waals surface area contributed by atoms with E-state index in [1.54, 1.807) is 0 Å². The average Bonchev–Trinajstić information content (AvgIpc) is 0.811. The molecule has 0 rings (SSSR count). The van der Waals surface area contributed by atoms with Crippen molar-refractivity contribution in [3.63, 3.8) is 0 Å². The molecule has 0 radical (unpaired) electrons. The van der Waals surface area contributed by atoms with Crippen LogP contribution < -0.4 is 0 Å². The molecule has 0 saturated carbocycles. The van der Waals surface area contributed by atoms with Gasteiger partial charge in [0.15, 0.2) is 17.4 Å². The molecule has 0 unspecified atom stereocenters. The lowest BCUT2D eigenvalue weighted by atomic mass is 10.3. The first kappa shape index (κ1) is 23.6. The third-order valence-electron chi connectivity index (χ3n) is 0. The van der Waals surface area contributed by atoms with E-state index >= 15 is 0 Å². The summed E-state index contributed by atoms with van der Waals surface area (Å²) in [4.78, 5) is 0. The maximum Gasteiger partial charge on any atom is 0.187 e. The van der Waals surface area contributed by atoms with Gasteiger partial charge in [-0.2, -0.15) is 0 Å². The molecule has 0 saturated heterocycles. The molecule has 0 aliphatic heterocycles. The van der Waals surface area contributed by atoms with Crippen LogP contribution in [0.25, 0.3) is 0 Å². The SMILES string of the molecule is Br.Br.CC(C)C.[AlH3]. The molecule has 0 spiro atoms. The monoisotopic (exact) mass is 248 g/mol. The smallest absolute Gasteiger partial charge is 0.114 e. The summed E-state index contributed by atoms with van der Waals surface area (Å²) < 4.78 is 0.